The molecule has 3 rings (SSSR count). The minimum Gasteiger partial charge on any atom is -0.493 e. The molecule has 2 aliphatic rings. The van der Waals surface area contributed by atoms with E-state index in [4.69, 9.17) is 4.74 Å². The molecule has 2 fully saturated rings. The third kappa shape index (κ3) is 4.35. The second kappa shape index (κ2) is 7.14. The number of carbonyl (C=O) groups excluding carboxylic acids is 1. The summed E-state index contributed by atoms with van der Waals surface area (Å²) in [5.41, 5.74) is 0.841. The van der Waals surface area contributed by atoms with Crippen molar-refractivity contribution >= 4 is 24.0 Å². The molecule has 1 aliphatic heterocycles. The topological polar surface area (TPSA) is 50.4 Å². The van der Waals surface area contributed by atoms with E-state index in [0.29, 0.717) is 5.92 Å². The second-order valence-electron chi connectivity index (χ2n) is 5.98. The highest BCUT2D eigenvalue weighted by Gasteiger charge is 2.28. The zero-order valence-electron chi connectivity index (χ0n) is 12.3. The van der Waals surface area contributed by atoms with Crippen LogP contribution >= 0.6 is 12.4 Å². The summed E-state index contributed by atoms with van der Waals surface area (Å²) in [6.45, 7) is 4.70. The molecule has 1 aromatic carbocycles. The fourth-order valence-corrected chi connectivity index (χ4v) is 2.27. The predicted molar refractivity (Wildman–Crippen MR) is 86.1 cm³/mol. The average molecular weight is 311 g/mol. The van der Waals surface area contributed by atoms with Crippen LogP contribution < -0.4 is 15.4 Å². The quantitative estimate of drug-likeness (QED) is 0.849. The normalized spacial score (nSPS) is 19.1. The Morgan fingerprint density at radius 3 is 2.52 bits per heavy atom. The molecular formula is C16H23ClN2O2. The number of nitrogens with one attached hydrogen (secondary N) is 2. The molecule has 0 radical (unpaired) electrons. The Labute approximate surface area is 132 Å². The third-order valence-electron chi connectivity index (χ3n) is 4.24. The Morgan fingerprint density at radius 2 is 2.00 bits per heavy atom. The molecule has 1 aromatic rings. The molecular weight excluding hydrogens is 288 g/mol. The van der Waals surface area contributed by atoms with Gasteiger partial charge in [-0.05, 0) is 62.0 Å². The van der Waals surface area contributed by atoms with E-state index in [1.807, 2.05) is 31.2 Å². The minimum atomic E-state index is 0. The second-order valence-corrected chi connectivity index (χ2v) is 5.98. The fourth-order valence-electron chi connectivity index (χ4n) is 2.27. The number of hydrogen-bond donors (Lipinski definition) is 2. The maximum atomic E-state index is 12.1. The van der Waals surface area contributed by atoms with Crippen LogP contribution in [0.2, 0.25) is 0 Å². The number of anilines is 1. The van der Waals surface area contributed by atoms with Crippen LogP contribution in [0.25, 0.3) is 0 Å². The van der Waals surface area contributed by atoms with E-state index in [0.717, 1.165) is 37.1 Å². The van der Waals surface area contributed by atoms with Crippen molar-refractivity contribution in [1.82, 2.24) is 5.32 Å². The maximum Gasteiger partial charge on any atom is 0.227 e. The van der Waals surface area contributed by atoms with Gasteiger partial charge in [-0.15, -0.1) is 12.4 Å². The van der Waals surface area contributed by atoms with Gasteiger partial charge in [-0.25, -0.2) is 0 Å². The van der Waals surface area contributed by atoms with Gasteiger partial charge >= 0.3 is 0 Å². The Kier molecular flexibility index (Phi) is 5.48. The van der Waals surface area contributed by atoms with Gasteiger partial charge in [0.15, 0.2) is 0 Å². The van der Waals surface area contributed by atoms with Crippen molar-refractivity contribution in [3.63, 3.8) is 0 Å². The Morgan fingerprint density at radius 1 is 1.33 bits per heavy atom. The molecule has 21 heavy (non-hydrogen) atoms. The summed E-state index contributed by atoms with van der Waals surface area (Å²) in [6.07, 6.45) is 2.59. The molecule has 0 aromatic heterocycles. The van der Waals surface area contributed by atoms with Crippen LogP contribution in [-0.2, 0) is 4.79 Å². The lowest BCUT2D eigenvalue weighted by atomic mass is 9.88. The van der Waals surface area contributed by atoms with Crippen molar-refractivity contribution in [2.24, 2.45) is 17.8 Å². The first-order chi connectivity index (χ1) is 9.72. The first-order valence-electron chi connectivity index (χ1n) is 7.47. The fraction of sp³-hybridized carbons (Fsp3) is 0.562. The van der Waals surface area contributed by atoms with Gasteiger partial charge in [0.25, 0.3) is 0 Å². The Bertz CT molecular complexity index is 470. The molecule has 2 N–H and O–H groups in total. The van der Waals surface area contributed by atoms with Crippen LogP contribution in [0.1, 0.15) is 19.8 Å². The van der Waals surface area contributed by atoms with Gasteiger partial charge in [0.1, 0.15) is 5.75 Å². The van der Waals surface area contributed by atoms with E-state index in [-0.39, 0.29) is 24.2 Å². The summed E-state index contributed by atoms with van der Waals surface area (Å²) < 4.78 is 5.68. The SMILES string of the molecule is CC(C(=O)Nc1ccc(OCC2CC2)cc1)C1CNC1.Cl. The Balaban J connectivity index is 0.00000161. The molecule has 1 saturated heterocycles. The van der Waals surface area contributed by atoms with Gasteiger partial charge in [0.2, 0.25) is 5.91 Å². The minimum absolute atomic E-state index is 0. The van der Waals surface area contributed by atoms with E-state index < -0.39 is 0 Å². The number of ether oxygens (including phenoxy) is 1. The van der Waals surface area contributed by atoms with E-state index in [9.17, 15) is 4.79 Å². The third-order valence-corrected chi connectivity index (χ3v) is 4.24. The number of hydrogen-bond acceptors (Lipinski definition) is 3. The molecule has 1 aliphatic carbocycles. The molecule has 5 heteroatoms. The molecule has 1 heterocycles. The standard InChI is InChI=1S/C16H22N2O2.ClH/c1-11(13-8-17-9-13)16(19)18-14-4-6-15(7-5-14)20-10-12-2-3-12;/h4-7,11-13,17H,2-3,8-10H2,1H3,(H,18,19);1H. The molecule has 1 unspecified atom stereocenters. The molecule has 0 spiro atoms. The molecule has 1 saturated carbocycles. The van der Waals surface area contributed by atoms with Gasteiger partial charge in [-0.1, -0.05) is 6.92 Å². The average Bonchev–Trinajstić information content (AvgIpc) is 3.20. The summed E-state index contributed by atoms with van der Waals surface area (Å²) >= 11 is 0. The molecule has 116 valence electrons. The summed E-state index contributed by atoms with van der Waals surface area (Å²) in [4.78, 5) is 12.1. The van der Waals surface area contributed by atoms with Gasteiger partial charge in [-0.2, -0.15) is 0 Å². The van der Waals surface area contributed by atoms with Crippen LogP contribution in [0.3, 0.4) is 0 Å². The summed E-state index contributed by atoms with van der Waals surface area (Å²) in [5, 5.41) is 6.17. The van der Waals surface area contributed by atoms with Crippen LogP contribution in [-0.4, -0.2) is 25.6 Å². The Hall–Kier alpha value is -1.26. The van der Waals surface area contributed by atoms with Crippen LogP contribution in [0.5, 0.6) is 5.75 Å². The highest BCUT2D eigenvalue weighted by atomic mass is 35.5. The van der Waals surface area contributed by atoms with Crippen LogP contribution in [0.4, 0.5) is 5.69 Å². The summed E-state index contributed by atoms with van der Waals surface area (Å²) in [7, 11) is 0. The smallest absolute Gasteiger partial charge is 0.227 e. The first kappa shape index (κ1) is 16.1. The highest BCUT2D eigenvalue weighted by molar-refractivity contribution is 5.92. The highest BCUT2D eigenvalue weighted by Crippen LogP contribution is 2.29. The van der Waals surface area contributed by atoms with Gasteiger partial charge in [-0.3, -0.25) is 4.79 Å². The van der Waals surface area contributed by atoms with E-state index in [2.05, 4.69) is 10.6 Å². The monoisotopic (exact) mass is 310 g/mol. The van der Waals surface area contributed by atoms with E-state index in [1.165, 1.54) is 12.8 Å². The van der Waals surface area contributed by atoms with Crippen LogP contribution in [0.15, 0.2) is 24.3 Å². The lowest BCUT2D eigenvalue weighted by Gasteiger charge is -2.31. The van der Waals surface area contributed by atoms with E-state index >= 15 is 0 Å². The zero-order chi connectivity index (χ0) is 13.9. The van der Waals surface area contributed by atoms with Crippen molar-refractivity contribution in [1.29, 1.82) is 0 Å². The van der Waals surface area contributed by atoms with Gasteiger partial charge < -0.3 is 15.4 Å². The lowest BCUT2D eigenvalue weighted by Crippen LogP contribution is -2.48. The van der Waals surface area contributed by atoms with Crippen molar-refractivity contribution in [2.75, 3.05) is 25.0 Å². The van der Waals surface area contributed by atoms with Gasteiger partial charge in [0, 0.05) is 11.6 Å². The van der Waals surface area contributed by atoms with Crippen LogP contribution in [0, 0.1) is 17.8 Å². The molecule has 1 atom stereocenters. The largest absolute Gasteiger partial charge is 0.493 e. The van der Waals surface area contributed by atoms with Crippen molar-refractivity contribution in [2.45, 2.75) is 19.8 Å². The zero-order valence-corrected chi connectivity index (χ0v) is 13.1. The molecule has 0 bridgehead atoms. The lowest BCUT2D eigenvalue weighted by molar-refractivity contribution is -0.121. The number of halogens is 1. The van der Waals surface area contributed by atoms with Crippen molar-refractivity contribution in [3.05, 3.63) is 24.3 Å². The number of amides is 1. The van der Waals surface area contributed by atoms with Crippen molar-refractivity contribution < 1.29 is 9.53 Å². The summed E-state index contributed by atoms with van der Waals surface area (Å²) in [6, 6.07) is 7.67. The number of benzene rings is 1. The molecule has 1 amide bonds. The maximum absolute atomic E-state index is 12.1. The summed E-state index contributed by atoms with van der Waals surface area (Å²) in [5.74, 6) is 2.26. The van der Waals surface area contributed by atoms with Crippen molar-refractivity contribution in [3.8, 4) is 5.75 Å². The van der Waals surface area contributed by atoms with Gasteiger partial charge in [0.05, 0.1) is 6.61 Å². The number of rotatable bonds is 6. The predicted octanol–water partition coefficient (Wildman–Crippen LogP) is 2.69. The van der Waals surface area contributed by atoms with E-state index in [1.54, 1.807) is 0 Å². The molecule has 4 nitrogen and oxygen atoms in total. The number of carbonyl (C=O) groups is 1. The first-order valence-corrected chi connectivity index (χ1v) is 7.47.